The van der Waals surface area contributed by atoms with E-state index in [1.165, 1.54) is 31.3 Å². The van der Waals surface area contributed by atoms with E-state index >= 15 is 0 Å². The molecule has 2 amide bonds. The van der Waals surface area contributed by atoms with Gasteiger partial charge in [0.05, 0.1) is 5.56 Å². The van der Waals surface area contributed by atoms with Gasteiger partial charge in [0.25, 0.3) is 11.8 Å². The van der Waals surface area contributed by atoms with Gasteiger partial charge in [-0.15, -0.1) is 0 Å². The predicted molar refractivity (Wildman–Crippen MR) is 132 cm³/mol. The number of amides is 2. The van der Waals surface area contributed by atoms with Crippen LogP contribution in [0.5, 0.6) is 5.75 Å². The minimum absolute atomic E-state index is 0.0265. The van der Waals surface area contributed by atoms with Gasteiger partial charge in [-0.05, 0) is 61.1 Å². The summed E-state index contributed by atoms with van der Waals surface area (Å²) >= 11 is 0. The summed E-state index contributed by atoms with van der Waals surface area (Å²) in [5, 5.41) is 25.5. The minimum atomic E-state index is -3.67. The summed E-state index contributed by atoms with van der Waals surface area (Å²) < 4.78 is 43.0. The highest BCUT2D eigenvalue weighted by atomic mass is 19.4. The van der Waals surface area contributed by atoms with Crippen molar-refractivity contribution in [2.45, 2.75) is 44.9 Å². The molecule has 1 saturated heterocycles. The SMILES string of the molecule is CNC(=O)c1ccc(NCCCCC2CCN(C(=O)C(O)c3cccc(O)c3)CC2)cc1F.FC(F)F. The van der Waals surface area contributed by atoms with Gasteiger partial charge in [-0.1, -0.05) is 25.0 Å². The van der Waals surface area contributed by atoms with Gasteiger partial charge in [0, 0.05) is 32.4 Å². The number of hydrogen-bond acceptors (Lipinski definition) is 5. The van der Waals surface area contributed by atoms with Gasteiger partial charge < -0.3 is 25.7 Å². The summed E-state index contributed by atoms with van der Waals surface area (Å²) in [6.07, 6.45) is 3.57. The maximum atomic E-state index is 14.0. The van der Waals surface area contributed by atoms with E-state index in [-0.39, 0.29) is 17.2 Å². The van der Waals surface area contributed by atoms with Gasteiger partial charge in [0.2, 0.25) is 0 Å². The number of rotatable bonds is 9. The van der Waals surface area contributed by atoms with Crippen LogP contribution in [-0.2, 0) is 4.79 Å². The number of phenolic OH excluding ortho intramolecular Hbond substituents is 1. The molecule has 0 aromatic heterocycles. The summed E-state index contributed by atoms with van der Waals surface area (Å²) in [6, 6.07) is 10.7. The number of aromatic hydroxyl groups is 1. The molecule has 0 bridgehead atoms. The summed E-state index contributed by atoms with van der Waals surface area (Å²) in [5.41, 5.74) is 1.08. The number of halogens is 4. The van der Waals surface area contributed by atoms with Crippen molar-refractivity contribution in [2.24, 2.45) is 5.92 Å². The fraction of sp³-hybridized carbons (Fsp3) is 0.462. The molecule has 4 N–H and O–H groups in total. The molecule has 0 spiro atoms. The first-order chi connectivity index (χ1) is 17.6. The van der Waals surface area contributed by atoms with Crippen LogP contribution in [0, 0.1) is 11.7 Å². The number of aliphatic hydroxyl groups excluding tert-OH is 1. The van der Waals surface area contributed by atoms with E-state index in [0.717, 1.165) is 32.1 Å². The lowest BCUT2D eigenvalue weighted by molar-refractivity contribution is -0.142. The number of unbranched alkanes of at least 4 members (excludes halogenated alkanes) is 1. The average Bonchev–Trinajstić information content (AvgIpc) is 2.87. The summed E-state index contributed by atoms with van der Waals surface area (Å²) in [5.74, 6) is -0.747. The first-order valence-corrected chi connectivity index (χ1v) is 12.1. The topological polar surface area (TPSA) is 102 Å². The lowest BCUT2D eigenvalue weighted by Gasteiger charge is -2.33. The Morgan fingerprint density at radius 3 is 2.35 bits per heavy atom. The van der Waals surface area contributed by atoms with Crippen LogP contribution in [0.4, 0.5) is 23.2 Å². The third-order valence-corrected chi connectivity index (χ3v) is 6.16. The maximum Gasteiger partial charge on any atom is 0.379 e. The molecule has 1 aliphatic heterocycles. The Hall–Kier alpha value is -3.34. The predicted octanol–water partition coefficient (Wildman–Crippen LogP) is 4.62. The minimum Gasteiger partial charge on any atom is -0.508 e. The van der Waals surface area contributed by atoms with Crippen molar-refractivity contribution in [1.29, 1.82) is 0 Å². The fourth-order valence-electron chi connectivity index (χ4n) is 4.19. The number of nitrogens with zero attached hydrogens (tertiary/aromatic N) is 1. The second kappa shape index (κ2) is 15.0. The van der Waals surface area contributed by atoms with Gasteiger partial charge >= 0.3 is 6.68 Å². The van der Waals surface area contributed by atoms with E-state index in [1.54, 1.807) is 23.1 Å². The molecule has 1 unspecified atom stereocenters. The molecule has 2 aromatic carbocycles. The molecule has 1 atom stereocenters. The third-order valence-electron chi connectivity index (χ3n) is 6.16. The molecule has 0 saturated carbocycles. The molecule has 0 radical (unpaired) electrons. The Morgan fingerprint density at radius 2 is 1.76 bits per heavy atom. The molecule has 0 aliphatic carbocycles. The number of anilines is 1. The molecule has 204 valence electrons. The zero-order chi connectivity index (χ0) is 27.4. The molecule has 1 heterocycles. The van der Waals surface area contributed by atoms with Gasteiger partial charge in [0.15, 0.2) is 6.10 Å². The van der Waals surface area contributed by atoms with Crippen LogP contribution >= 0.6 is 0 Å². The number of aliphatic hydroxyl groups is 1. The number of alkyl halides is 3. The smallest absolute Gasteiger partial charge is 0.379 e. The number of benzene rings is 2. The Bertz CT molecular complexity index is 1010. The highest BCUT2D eigenvalue weighted by Crippen LogP contribution is 2.26. The molecule has 11 heteroatoms. The number of carbonyl (C=O) groups excluding carboxylic acids is 2. The van der Waals surface area contributed by atoms with E-state index < -0.39 is 24.5 Å². The fourth-order valence-corrected chi connectivity index (χ4v) is 4.19. The normalized spacial score (nSPS) is 14.5. The van der Waals surface area contributed by atoms with Crippen LogP contribution in [0.1, 0.15) is 54.1 Å². The van der Waals surface area contributed by atoms with Crippen LogP contribution in [0.2, 0.25) is 0 Å². The van der Waals surface area contributed by atoms with Crippen molar-refractivity contribution < 1.29 is 37.4 Å². The van der Waals surface area contributed by atoms with Crippen LogP contribution < -0.4 is 10.6 Å². The summed E-state index contributed by atoms with van der Waals surface area (Å²) in [7, 11) is 1.47. The van der Waals surface area contributed by atoms with E-state index in [9.17, 15) is 37.4 Å². The molecule has 1 aliphatic rings. The zero-order valence-electron chi connectivity index (χ0n) is 20.6. The van der Waals surface area contributed by atoms with Gasteiger partial charge in [-0.3, -0.25) is 9.59 Å². The van der Waals surface area contributed by atoms with Gasteiger partial charge in [0.1, 0.15) is 11.6 Å². The Kier molecular flexibility index (Phi) is 12.1. The molecule has 3 rings (SSSR count). The number of nitrogens with one attached hydrogen (secondary N) is 2. The number of phenols is 1. The average molecular weight is 528 g/mol. The van der Waals surface area contributed by atoms with Crippen molar-refractivity contribution in [1.82, 2.24) is 10.2 Å². The van der Waals surface area contributed by atoms with E-state index in [1.807, 2.05) is 0 Å². The van der Waals surface area contributed by atoms with Crippen molar-refractivity contribution >= 4 is 17.5 Å². The van der Waals surface area contributed by atoms with Crippen LogP contribution in [-0.4, -0.2) is 60.3 Å². The van der Waals surface area contributed by atoms with Crippen molar-refractivity contribution in [2.75, 3.05) is 32.0 Å². The quantitative estimate of drug-likeness (QED) is 0.282. The lowest BCUT2D eigenvalue weighted by atomic mass is 9.91. The van der Waals surface area contributed by atoms with Crippen LogP contribution in [0.25, 0.3) is 0 Å². The Labute approximate surface area is 213 Å². The summed E-state index contributed by atoms with van der Waals surface area (Å²) in [4.78, 5) is 25.8. The Balaban J connectivity index is 0.00000112. The molecule has 37 heavy (non-hydrogen) atoms. The first kappa shape index (κ1) is 29.9. The number of likely N-dealkylation sites (tertiary alicyclic amines) is 1. The molecule has 7 nitrogen and oxygen atoms in total. The number of hydrogen-bond donors (Lipinski definition) is 4. The van der Waals surface area contributed by atoms with Gasteiger partial charge in [-0.2, -0.15) is 13.2 Å². The second-order valence-corrected chi connectivity index (χ2v) is 8.71. The summed E-state index contributed by atoms with van der Waals surface area (Å²) in [6.45, 7) is -1.71. The largest absolute Gasteiger partial charge is 0.508 e. The Morgan fingerprint density at radius 1 is 1.08 bits per heavy atom. The molecule has 1 fully saturated rings. The second-order valence-electron chi connectivity index (χ2n) is 8.71. The number of carbonyl (C=O) groups is 2. The highest BCUT2D eigenvalue weighted by Gasteiger charge is 2.28. The highest BCUT2D eigenvalue weighted by molar-refractivity contribution is 5.94. The zero-order valence-corrected chi connectivity index (χ0v) is 20.6. The third kappa shape index (κ3) is 9.91. The van der Waals surface area contributed by atoms with Crippen molar-refractivity contribution in [3.63, 3.8) is 0 Å². The lowest BCUT2D eigenvalue weighted by Crippen LogP contribution is -2.41. The number of piperidine rings is 1. The van der Waals surface area contributed by atoms with Crippen LogP contribution in [0.15, 0.2) is 42.5 Å². The molecular weight excluding hydrogens is 494 g/mol. The van der Waals surface area contributed by atoms with E-state index in [0.29, 0.717) is 36.8 Å². The maximum absolute atomic E-state index is 14.0. The first-order valence-electron chi connectivity index (χ1n) is 12.1. The van der Waals surface area contributed by atoms with E-state index in [4.69, 9.17) is 0 Å². The van der Waals surface area contributed by atoms with Crippen LogP contribution in [0.3, 0.4) is 0 Å². The molecular formula is C26H33F4N3O4. The van der Waals surface area contributed by atoms with Gasteiger partial charge in [-0.25, -0.2) is 4.39 Å². The monoisotopic (exact) mass is 527 g/mol. The van der Waals surface area contributed by atoms with Crippen molar-refractivity contribution in [3.05, 3.63) is 59.4 Å². The van der Waals surface area contributed by atoms with Crippen molar-refractivity contribution in [3.8, 4) is 5.75 Å². The standard InChI is InChI=1S/C25H32FN3O4.CHF3/c1-27-24(32)21-9-8-19(16-22(21)26)28-12-3-2-5-17-10-13-29(14-11-17)25(33)23(31)18-6-4-7-20(30)15-18;2-1(3)4/h4,6-9,15-17,23,28,30-31H,2-3,5,10-14H2,1H3,(H,27,32);1H. The molecule has 2 aromatic rings. The van der Waals surface area contributed by atoms with E-state index in [2.05, 4.69) is 10.6 Å².